The number of nitrogens with zero attached hydrogens (tertiary/aromatic N) is 1. The molecule has 2 heterocycles. The van der Waals surface area contributed by atoms with Crippen LogP contribution in [0.15, 0.2) is 29.3 Å². The molecule has 1 N–H and O–H groups in total. The van der Waals surface area contributed by atoms with Crippen LogP contribution in [0.1, 0.15) is 31.7 Å². The highest BCUT2D eigenvalue weighted by Gasteiger charge is 2.26. The molecule has 0 fully saturated rings. The molecule has 2 nitrogen and oxygen atoms in total. The van der Waals surface area contributed by atoms with E-state index in [1.165, 1.54) is 28.1 Å². The van der Waals surface area contributed by atoms with Crippen molar-refractivity contribution in [1.82, 2.24) is 9.88 Å². The first-order valence-electron chi connectivity index (χ1n) is 7.10. The quantitative estimate of drug-likeness (QED) is 0.909. The summed E-state index contributed by atoms with van der Waals surface area (Å²) in [6.07, 6.45) is 1.29. The number of aromatic nitrogens is 1. The van der Waals surface area contributed by atoms with Gasteiger partial charge in [0.2, 0.25) is 0 Å². The third kappa shape index (κ3) is 2.41. The lowest BCUT2D eigenvalue weighted by molar-refractivity contribution is 0.253. The first-order chi connectivity index (χ1) is 9.16. The molecule has 0 aliphatic carbocycles. The molecule has 19 heavy (non-hydrogen) atoms. The topological polar surface area (TPSA) is 19.0 Å². The molecule has 1 aromatic carbocycles. The smallest absolute Gasteiger partial charge is 0.0768 e. The summed E-state index contributed by atoms with van der Waals surface area (Å²) in [7, 11) is 2.24. The van der Waals surface area contributed by atoms with Gasteiger partial charge in [0.25, 0.3) is 0 Å². The number of nitrogens with one attached hydrogen (secondary N) is 1. The molecular formula is C16H22N2S. The van der Waals surface area contributed by atoms with Crippen LogP contribution in [0, 0.1) is 0 Å². The number of hydrogen-bond donors (Lipinski definition) is 1. The molecule has 0 saturated carbocycles. The van der Waals surface area contributed by atoms with Gasteiger partial charge in [-0.25, -0.2) is 0 Å². The normalized spacial score (nSPS) is 19.3. The minimum atomic E-state index is 0.614. The number of para-hydroxylation sites is 1. The summed E-state index contributed by atoms with van der Waals surface area (Å²) in [4.78, 5) is 6.06. The van der Waals surface area contributed by atoms with Gasteiger partial charge in [-0.1, -0.05) is 18.2 Å². The minimum Gasteiger partial charge on any atom is -0.349 e. The number of likely N-dealkylation sites (N-methyl/N-ethyl adjacent to an activating group) is 1. The Labute approximate surface area is 119 Å². The molecule has 0 spiro atoms. The van der Waals surface area contributed by atoms with Crippen molar-refractivity contribution in [3.8, 4) is 0 Å². The van der Waals surface area contributed by atoms with Gasteiger partial charge in [0.05, 0.1) is 5.03 Å². The number of fused-ring (bicyclic) bond motifs is 3. The Morgan fingerprint density at radius 2 is 2.16 bits per heavy atom. The Bertz CT molecular complexity index is 573. The highest BCUT2D eigenvalue weighted by atomic mass is 32.2. The zero-order valence-corrected chi connectivity index (χ0v) is 12.8. The van der Waals surface area contributed by atoms with Crippen molar-refractivity contribution in [3.05, 3.63) is 29.8 Å². The lowest BCUT2D eigenvalue weighted by Crippen LogP contribution is -2.31. The summed E-state index contributed by atoms with van der Waals surface area (Å²) in [5.41, 5.74) is 2.85. The van der Waals surface area contributed by atoms with E-state index in [0.717, 1.165) is 6.54 Å². The fourth-order valence-corrected chi connectivity index (χ4v) is 4.07. The monoisotopic (exact) mass is 274 g/mol. The van der Waals surface area contributed by atoms with E-state index < -0.39 is 0 Å². The minimum absolute atomic E-state index is 0.614. The molecule has 2 aromatic rings. The Morgan fingerprint density at radius 1 is 1.37 bits per heavy atom. The number of benzene rings is 1. The number of hydrogen-bond acceptors (Lipinski definition) is 2. The molecule has 1 atom stereocenters. The Balaban J connectivity index is 1.98. The predicted octanol–water partition coefficient (Wildman–Crippen LogP) is 4.09. The fraction of sp³-hybridized carbons (Fsp3) is 0.500. The second kappa shape index (κ2) is 5.22. The SMILES string of the molecule is CC(C)N(C)CC1CCSc2[nH]c3ccccc3c21. The molecule has 1 aliphatic heterocycles. The van der Waals surface area contributed by atoms with Gasteiger partial charge >= 0.3 is 0 Å². The van der Waals surface area contributed by atoms with E-state index in [1.807, 2.05) is 11.8 Å². The van der Waals surface area contributed by atoms with E-state index in [9.17, 15) is 0 Å². The van der Waals surface area contributed by atoms with E-state index in [2.05, 4.69) is 55.0 Å². The van der Waals surface area contributed by atoms with Crippen LogP contribution >= 0.6 is 11.8 Å². The van der Waals surface area contributed by atoms with Gasteiger partial charge in [-0.15, -0.1) is 11.8 Å². The van der Waals surface area contributed by atoms with Gasteiger partial charge in [-0.2, -0.15) is 0 Å². The van der Waals surface area contributed by atoms with E-state index in [1.54, 1.807) is 5.56 Å². The van der Waals surface area contributed by atoms with Crippen LogP contribution in [0.2, 0.25) is 0 Å². The number of H-pyrrole nitrogens is 1. The van der Waals surface area contributed by atoms with Crippen molar-refractivity contribution in [2.24, 2.45) is 0 Å². The molecule has 0 saturated heterocycles. The zero-order valence-electron chi connectivity index (χ0n) is 11.9. The summed E-state index contributed by atoms with van der Waals surface area (Å²) in [5.74, 6) is 1.90. The summed E-state index contributed by atoms with van der Waals surface area (Å²) in [6.45, 7) is 5.70. The summed E-state index contributed by atoms with van der Waals surface area (Å²) >= 11 is 1.98. The predicted molar refractivity (Wildman–Crippen MR) is 84.1 cm³/mol. The van der Waals surface area contributed by atoms with Crippen LogP contribution in [0.25, 0.3) is 10.9 Å². The Hall–Kier alpha value is -0.930. The number of rotatable bonds is 3. The van der Waals surface area contributed by atoms with Crippen LogP contribution in [-0.4, -0.2) is 35.3 Å². The molecule has 102 valence electrons. The van der Waals surface area contributed by atoms with Gasteiger partial charge in [0.1, 0.15) is 0 Å². The average Bonchev–Trinajstić information content (AvgIpc) is 2.77. The van der Waals surface area contributed by atoms with Crippen molar-refractivity contribution in [2.75, 3.05) is 19.3 Å². The molecule has 0 bridgehead atoms. The maximum Gasteiger partial charge on any atom is 0.0768 e. The summed E-state index contributed by atoms with van der Waals surface area (Å²) < 4.78 is 0. The van der Waals surface area contributed by atoms with Gasteiger partial charge in [0.15, 0.2) is 0 Å². The van der Waals surface area contributed by atoms with Crippen molar-refractivity contribution >= 4 is 22.7 Å². The van der Waals surface area contributed by atoms with Gasteiger partial charge < -0.3 is 9.88 Å². The molecule has 3 rings (SSSR count). The van der Waals surface area contributed by atoms with Gasteiger partial charge in [-0.05, 0) is 38.9 Å². The zero-order chi connectivity index (χ0) is 13.4. The maximum absolute atomic E-state index is 3.59. The first-order valence-corrected chi connectivity index (χ1v) is 8.09. The van der Waals surface area contributed by atoms with Gasteiger partial charge in [0, 0.05) is 35.2 Å². The molecule has 0 amide bonds. The fourth-order valence-electron chi connectivity index (χ4n) is 2.85. The molecular weight excluding hydrogens is 252 g/mol. The second-order valence-electron chi connectivity index (χ2n) is 5.78. The van der Waals surface area contributed by atoms with Crippen LogP contribution in [0.5, 0.6) is 0 Å². The highest BCUT2D eigenvalue weighted by Crippen LogP contribution is 2.42. The van der Waals surface area contributed by atoms with Gasteiger partial charge in [-0.3, -0.25) is 0 Å². The van der Waals surface area contributed by atoms with E-state index in [4.69, 9.17) is 0 Å². The van der Waals surface area contributed by atoms with E-state index >= 15 is 0 Å². The molecule has 0 radical (unpaired) electrons. The van der Waals surface area contributed by atoms with Crippen LogP contribution in [-0.2, 0) is 0 Å². The molecule has 3 heteroatoms. The van der Waals surface area contributed by atoms with Crippen LogP contribution < -0.4 is 0 Å². The average molecular weight is 274 g/mol. The van der Waals surface area contributed by atoms with Crippen LogP contribution in [0.4, 0.5) is 0 Å². The lowest BCUT2D eigenvalue weighted by atomic mass is 9.94. The van der Waals surface area contributed by atoms with Crippen LogP contribution in [0.3, 0.4) is 0 Å². The highest BCUT2D eigenvalue weighted by molar-refractivity contribution is 7.99. The maximum atomic E-state index is 3.59. The third-order valence-corrected chi connectivity index (χ3v) is 5.27. The lowest BCUT2D eigenvalue weighted by Gasteiger charge is -2.29. The standard InChI is InChI=1S/C16H22N2S/c1-11(2)18(3)10-12-8-9-19-16-15(12)13-6-4-5-7-14(13)17-16/h4-7,11-12,17H,8-10H2,1-3H3. The first kappa shape index (κ1) is 13.1. The summed E-state index contributed by atoms with van der Waals surface area (Å²) in [6, 6.07) is 9.34. The van der Waals surface area contributed by atoms with Crippen molar-refractivity contribution in [3.63, 3.8) is 0 Å². The second-order valence-corrected chi connectivity index (χ2v) is 6.89. The third-order valence-electron chi connectivity index (χ3n) is 4.22. The molecule has 1 aromatic heterocycles. The number of thioether (sulfide) groups is 1. The van der Waals surface area contributed by atoms with Crippen molar-refractivity contribution in [1.29, 1.82) is 0 Å². The Kier molecular flexibility index (Phi) is 3.59. The summed E-state index contributed by atoms with van der Waals surface area (Å²) in [5, 5.41) is 2.82. The largest absolute Gasteiger partial charge is 0.349 e. The van der Waals surface area contributed by atoms with Crippen molar-refractivity contribution < 1.29 is 0 Å². The molecule has 1 aliphatic rings. The van der Waals surface area contributed by atoms with E-state index in [0.29, 0.717) is 12.0 Å². The van der Waals surface area contributed by atoms with E-state index in [-0.39, 0.29) is 0 Å². The van der Waals surface area contributed by atoms with Crippen molar-refractivity contribution in [2.45, 2.75) is 37.3 Å². The number of aromatic amines is 1. The molecule has 1 unspecified atom stereocenters. The Morgan fingerprint density at radius 3 is 2.95 bits per heavy atom.